The zero-order valence-electron chi connectivity index (χ0n) is 16.7. The fourth-order valence-corrected chi connectivity index (χ4v) is 3.78. The Bertz CT molecular complexity index is 1330. The molecule has 4 aromatic heterocycles. The molecule has 0 saturated heterocycles. The van der Waals surface area contributed by atoms with E-state index in [0.29, 0.717) is 29.7 Å². The van der Waals surface area contributed by atoms with Crippen molar-refractivity contribution in [2.24, 2.45) is 0 Å². The van der Waals surface area contributed by atoms with Crippen LogP contribution < -0.4 is 15.4 Å². The van der Waals surface area contributed by atoms with E-state index in [-0.39, 0.29) is 0 Å². The molecular formula is C20H18N8O2S. The minimum absolute atomic E-state index is 0.425. The molecule has 2 N–H and O–H groups in total. The number of nitrogens with one attached hydrogen (secondary N) is 2. The van der Waals surface area contributed by atoms with Crippen LogP contribution in [0.3, 0.4) is 0 Å². The van der Waals surface area contributed by atoms with Gasteiger partial charge in [-0.05, 0) is 19.1 Å². The van der Waals surface area contributed by atoms with Crippen LogP contribution in [-0.4, -0.2) is 36.6 Å². The third-order valence-corrected chi connectivity index (χ3v) is 5.36. The Kier molecular flexibility index (Phi) is 4.92. The van der Waals surface area contributed by atoms with Crippen molar-refractivity contribution in [3.05, 3.63) is 60.3 Å². The van der Waals surface area contributed by atoms with Gasteiger partial charge in [0, 0.05) is 18.0 Å². The van der Waals surface area contributed by atoms with Gasteiger partial charge in [0.25, 0.3) is 0 Å². The minimum atomic E-state index is 0.425. The van der Waals surface area contributed by atoms with Crippen molar-refractivity contribution < 1.29 is 9.15 Å². The van der Waals surface area contributed by atoms with Gasteiger partial charge in [0.2, 0.25) is 5.95 Å². The van der Waals surface area contributed by atoms with Crippen LogP contribution in [0, 0.1) is 6.92 Å². The predicted octanol–water partition coefficient (Wildman–Crippen LogP) is 3.93. The van der Waals surface area contributed by atoms with Gasteiger partial charge in [-0.15, -0.1) is 11.3 Å². The first-order valence-corrected chi connectivity index (χ1v) is 10.3. The summed E-state index contributed by atoms with van der Waals surface area (Å²) >= 11 is 1.47. The summed E-state index contributed by atoms with van der Waals surface area (Å²) in [6, 6.07) is 5.78. The van der Waals surface area contributed by atoms with Gasteiger partial charge in [0.1, 0.15) is 16.7 Å². The van der Waals surface area contributed by atoms with E-state index in [1.54, 1.807) is 25.2 Å². The summed E-state index contributed by atoms with van der Waals surface area (Å²) in [5.41, 5.74) is 5.74. The van der Waals surface area contributed by atoms with Gasteiger partial charge in [-0.3, -0.25) is 0 Å². The molecule has 11 heteroatoms. The number of nitrogens with zero attached hydrogens (tertiary/aromatic N) is 6. The number of oxazole rings is 1. The standard InChI is InChI=1S/C20H18N8O2S/c1-12-7-28(9-22-12)15-4-3-13(5-16(15)29-2)25-20-26-18(17-19(27-20)24-11-31-17)21-6-14-8-30-10-23-14/h3-5,7-11H,6H2,1-2H3,(H2,21,25,26,27). The summed E-state index contributed by atoms with van der Waals surface area (Å²) in [6.07, 6.45) is 6.69. The average Bonchev–Trinajstić information content (AvgIpc) is 3.54. The monoisotopic (exact) mass is 434 g/mol. The first-order chi connectivity index (χ1) is 15.2. The van der Waals surface area contributed by atoms with Crippen molar-refractivity contribution in [3.8, 4) is 11.4 Å². The van der Waals surface area contributed by atoms with Gasteiger partial charge >= 0.3 is 0 Å². The molecular weight excluding hydrogens is 416 g/mol. The van der Waals surface area contributed by atoms with Crippen LogP contribution in [0.4, 0.5) is 17.5 Å². The molecule has 0 fully saturated rings. The summed E-state index contributed by atoms with van der Waals surface area (Å²) in [6.45, 7) is 2.42. The lowest BCUT2D eigenvalue weighted by Crippen LogP contribution is -2.05. The molecule has 1 aromatic carbocycles. The van der Waals surface area contributed by atoms with E-state index < -0.39 is 0 Å². The summed E-state index contributed by atoms with van der Waals surface area (Å²) < 4.78 is 13.4. The second-order valence-electron chi connectivity index (χ2n) is 6.67. The molecule has 0 amide bonds. The minimum Gasteiger partial charge on any atom is -0.494 e. The van der Waals surface area contributed by atoms with Crippen LogP contribution in [0.25, 0.3) is 16.0 Å². The Labute approximate surface area is 181 Å². The van der Waals surface area contributed by atoms with E-state index in [0.717, 1.165) is 27.5 Å². The number of thiazole rings is 1. The molecule has 0 radical (unpaired) electrons. The Balaban J connectivity index is 1.43. The second-order valence-corrected chi connectivity index (χ2v) is 7.52. The highest BCUT2D eigenvalue weighted by Crippen LogP contribution is 2.30. The Morgan fingerprint density at radius 1 is 1.19 bits per heavy atom. The molecule has 0 spiro atoms. The number of hydrogen-bond acceptors (Lipinski definition) is 10. The van der Waals surface area contributed by atoms with Gasteiger partial charge in [-0.2, -0.15) is 9.97 Å². The van der Waals surface area contributed by atoms with Crippen LogP contribution in [0.1, 0.15) is 11.4 Å². The fraction of sp³-hybridized carbons (Fsp3) is 0.150. The topological polar surface area (TPSA) is 116 Å². The highest BCUT2D eigenvalue weighted by molar-refractivity contribution is 7.17. The van der Waals surface area contributed by atoms with Gasteiger partial charge in [-0.1, -0.05) is 0 Å². The lowest BCUT2D eigenvalue weighted by atomic mass is 10.2. The van der Waals surface area contributed by atoms with Crippen LogP contribution in [0.15, 0.2) is 53.3 Å². The van der Waals surface area contributed by atoms with Crippen molar-refractivity contribution in [1.29, 1.82) is 0 Å². The maximum absolute atomic E-state index is 5.58. The second kappa shape index (κ2) is 8.03. The van der Waals surface area contributed by atoms with E-state index in [1.807, 2.05) is 35.9 Å². The molecule has 0 saturated carbocycles. The lowest BCUT2D eigenvalue weighted by molar-refractivity contribution is 0.413. The first-order valence-electron chi connectivity index (χ1n) is 9.38. The van der Waals surface area contributed by atoms with E-state index in [2.05, 4.69) is 35.6 Å². The number of aromatic nitrogens is 6. The third-order valence-electron chi connectivity index (χ3n) is 4.54. The Morgan fingerprint density at radius 3 is 2.90 bits per heavy atom. The fourth-order valence-electron chi connectivity index (χ4n) is 3.09. The zero-order chi connectivity index (χ0) is 21.2. The van der Waals surface area contributed by atoms with Crippen molar-refractivity contribution in [1.82, 2.24) is 29.5 Å². The number of aryl methyl sites for hydroxylation is 1. The average molecular weight is 434 g/mol. The van der Waals surface area contributed by atoms with E-state index in [4.69, 9.17) is 9.15 Å². The molecule has 0 unspecified atom stereocenters. The molecule has 0 bridgehead atoms. The van der Waals surface area contributed by atoms with E-state index >= 15 is 0 Å². The molecule has 10 nitrogen and oxygen atoms in total. The molecule has 0 atom stereocenters. The number of imidazole rings is 1. The van der Waals surface area contributed by atoms with E-state index in [9.17, 15) is 0 Å². The molecule has 31 heavy (non-hydrogen) atoms. The molecule has 5 rings (SSSR count). The van der Waals surface area contributed by atoms with Gasteiger partial charge < -0.3 is 24.4 Å². The Hall–Kier alpha value is -3.99. The van der Waals surface area contributed by atoms with Crippen LogP contribution in [0.2, 0.25) is 0 Å². The van der Waals surface area contributed by atoms with Crippen LogP contribution >= 0.6 is 11.3 Å². The Morgan fingerprint density at radius 2 is 2.13 bits per heavy atom. The van der Waals surface area contributed by atoms with Gasteiger partial charge in [0.15, 0.2) is 17.9 Å². The van der Waals surface area contributed by atoms with Crippen LogP contribution in [-0.2, 0) is 6.54 Å². The maximum atomic E-state index is 5.58. The van der Waals surface area contributed by atoms with Crippen LogP contribution in [0.5, 0.6) is 5.75 Å². The summed E-state index contributed by atoms with van der Waals surface area (Å²) in [5, 5.41) is 6.52. The molecule has 0 aliphatic heterocycles. The van der Waals surface area contributed by atoms with Gasteiger partial charge in [0.05, 0.1) is 42.6 Å². The number of anilines is 3. The van der Waals surface area contributed by atoms with Crippen molar-refractivity contribution >= 4 is 39.1 Å². The SMILES string of the molecule is COc1cc(Nc2nc(NCc3cocn3)c3scnc3n2)ccc1-n1cnc(C)c1. The largest absolute Gasteiger partial charge is 0.494 e. The number of ether oxygens (including phenoxy) is 1. The van der Waals surface area contributed by atoms with E-state index in [1.165, 1.54) is 17.7 Å². The molecule has 156 valence electrons. The third kappa shape index (κ3) is 3.90. The molecule has 0 aliphatic rings. The van der Waals surface area contributed by atoms with Gasteiger partial charge in [-0.25, -0.2) is 15.0 Å². The summed E-state index contributed by atoms with van der Waals surface area (Å²) in [4.78, 5) is 21.9. The summed E-state index contributed by atoms with van der Waals surface area (Å²) in [5.74, 6) is 1.80. The van der Waals surface area contributed by atoms with Crippen molar-refractivity contribution in [3.63, 3.8) is 0 Å². The quantitative estimate of drug-likeness (QED) is 0.393. The molecule has 4 heterocycles. The van der Waals surface area contributed by atoms with Crippen molar-refractivity contribution in [2.75, 3.05) is 17.7 Å². The number of hydrogen-bond donors (Lipinski definition) is 2. The molecule has 0 aliphatic carbocycles. The number of methoxy groups -OCH3 is 1. The number of rotatable bonds is 7. The normalized spacial score (nSPS) is 11.0. The number of fused-ring (bicyclic) bond motifs is 1. The smallest absolute Gasteiger partial charge is 0.231 e. The highest BCUT2D eigenvalue weighted by Gasteiger charge is 2.13. The zero-order valence-corrected chi connectivity index (χ0v) is 17.6. The lowest BCUT2D eigenvalue weighted by Gasteiger charge is -2.13. The maximum Gasteiger partial charge on any atom is 0.231 e. The molecule has 5 aromatic rings. The highest BCUT2D eigenvalue weighted by atomic mass is 32.1. The predicted molar refractivity (Wildman–Crippen MR) is 117 cm³/mol. The summed E-state index contributed by atoms with van der Waals surface area (Å²) in [7, 11) is 1.64. The number of benzene rings is 1. The van der Waals surface area contributed by atoms with Crippen molar-refractivity contribution in [2.45, 2.75) is 13.5 Å². The first kappa shape index (κ1) is 19.0.